The highest BCUT2D eigenvalue weighted by molar-refractivity contribution is 9.10. The van der Waals surface area contributed by atoms with Crippen molar-refractivity contribution in [3.05, 3.63) is 94.0 Å². The number of hydrogen-bond donors (Lipinski definition) is 0. The van der Waals surface area contributed by atoms with Crippen LogP contribution in [0.1, 0.15) is 37.5 Å². The van der Waals surface area contributed by atoms with E-state index in [1.807, 2.05) is 48.7 Å². The van der Waals surface area contributed by atoms with Crippen LogP contribution in [0.3, 0.4) is 0 Å². The van der Waals surface area contributed by atoms with E-state index in [0.717, 1.165) is 27.6 Å². The van der Waals surface area contributed by atoms with Gasteiger partial charge < -0.3 is 4.57 Å². The lowest BCUT2D eigenvalue weighted by molar-refractivity contribution is 0.590. The van der Waals surface area contributed by atoms with E-state index in [9.17, 15) is 0 Å². The first-order valence-electron chi connectivity index (χ1n) is 9.74. The smallest absolute Gasteiger partial charge is 0.230 e. The molecule has 0 N–H and O–H groups in total. The van der Waals surface area contributed by atoms with Crippen LogP contribution in [0.5, 0.6) is 0 Å². The van der Waals surface area contributed by atoms with Crippen LogP contribution in [0.25, 0.3) is 11.0 Å². The molecule has 1 aromatic heterocycles. The van der Waals surface area contributed by atoms with Crippen molar-refractivity contribution in [2.45, 2.75) is 32.7 Å². The van der Waals surface area contributed by atoms with Gasteiger partial charge in [-0.3, -0.25) is 0 Å². The van der Waals surface area contributed by atoms with Crippen molar-refractivity contribution in [2.24, 2.45) is 4.99 Å². The van der Waals surface area contributed by atoms with Crippen LogP contribution >= 0.6 is 15.9 Å². The molecule has 4 rings (SSSR count). The number of benzene rings is 3. The van der Waals surface area contributed by atoms with E-state index < -0.39 is 0 Å². The summed E-state index contributed by atoms with van der Waals surface area (Å²) in [4.78, 5) is 9.46. The van der Waals surface area contributed by atoms with Crippen molar-refractivity contribution in [3.8, 4) is 0 Å². The molecule has 0 aliphatic heterocycles. The van der Waals surface area contributed by atoms with Gasteiger partial charge in [0.2, 0.25) is 5.95 Å². The zero-order valence-corrected chi connectivity index (χ0v) is 18.5. The number of aliphatic imine (C=N–C) groups is 1. The number of aromatic nitrogens is 2. The highest BCUT2D eigenvalue weighted by atomic mass is 79.9. The van der Waals surface area contributed by atoms with Gasteiger partial charge in [-0.2, -0.15) is 0 Å². The van der Waals surface area contributed by atoms with E-state index >= 15 is 0 Å². The standard InChI is InChI=1S/C25H24BrN3/c1-25(2,3)20-12-8-19(9-13-20)17-29-23-7-5-4-6-22(23)28-24(29)27-16-18-10-14-21(26)15-11-18/h4-16H,17H2,1-3H3/b27-16+. The number of fused-ring (bicyclic) bond motifs is 1. The molecule has 4 aromatic rings. The molecule has 0 saturated carbocycles. The van der Waals surface area contributed by atoms with Gasteiger partial charge in [-0.25, -0.2) is 9.98 Å². The van der Waals surface area contributed by atoms with E-state index in [1.54, 1.807) is 0 Å². The summed E-state index contributed by atoms with van der Waals surface area (Å²) in [7, 11) is 0. The highest BCUT2D eigenvalue weighted by Crippen LogP contribution is 2.25. The van der Waals surface area contributed by atoms with Gasteiger partial charge in [0.1, 0.15) is 0 Å². The molecule has 0 aliphatic rings. The SMILES string of the molecule is CC(C)(C)c1ccc(Cn2c(/N=C/c3ccc(Br)cc3)nc3ccccc32)cc1. The summed E-state index contributed by atoms with van der Waals surface area (Å²) in [6.07, 6.45) is 1.87. The summed E-state index contributed by atoms with van der Waals surface area (Å²) < 4.78 is 3.23. The summed E-state index contributed by atoms with van der Waals surface area (Å²) in [5, 5.41) is 0. The first kappa shape index (κ1) is 19.6. The van der Waals surface area contributed by atoms with Gasteiger partial charge in [0.15, 0.2) is 0 Å². The van der Waals surface area contributed by atoms with E-state index in [0.29, 0.717) is 5.95 Å². The zero-order valence-electron chi connectivity index (χ0n) is 16.9. The predicted molar refractivity (Wildman–Crippen MR) is 125 cm³/mol. The largest absolute Gasteiger partial charge is 0.304 e. The molecule has 0 fully saturated rings. The van der Waals surface area contributed by atoms with Crippen molar-refractivity contribution >= 4 is 39.1 Å². The second kappa shape index (κ2) is 7.96. The van der Waals surface area contributed by atoms with Gasteiger partial charge in [-0.1, -0.05) is 85.2 Å². The topological polar surface area (TPSA) is 30.2 Å². The van der Waals surface area contributed by atoms with Gasteiger partial charge in [-0.05, 0) is 46.4 Å². The van der Waals surface area contributed by atoms with E-state index in [2.05, 4.69) is 71.6 Å². The van der Waals surface area contributed by atoms with Gasteiger partial charge >= 0.3 is 0 Å². The van der Waals surface area contributed by atoms with Crippen LogP contribution in [0.2, 0.25) is 0 Å². The molecule has 0 amide bonds. The lowest BCUT2D eigenvalue weighted by Crippen LogP contribution is -2.11. The van der Waals surface area contributed by atoms with Crippen LogP contribution in [0.4, 0.5) is 5.95 Å². The minimum Gasteiger partial charge on any atom is -0.304 e. The molecule has 0 saturated heterocycles. The Bertz CT molecular complexity index is 1150. The molecule has 0 atom stereocenters. The van der Waals surface area contributed by atoms with Crippen molar-refractivity contribution in [1.29, 1.82) is 0 Å². The maximum atomic E-state index is 4.75. The number of nitrogens with zero attached hydrogens (tertiary/aromatic N) is 3. The molecule has 0 aliphatic carbocycles. The Kier molecular flexibility index (Phi) is 5.37. The zero-order chi connectivity index (χ0) is 20.4. The molecular weight excluding hydrogens is 422 g/mol. The Labute approximate surface area is 180 Å². The van der Waals surface area contributed by atoms with Crippen LogP contribution in [0, 0.1) is 0 Å². The maximum absolute atomic E-state index is 4.75. The Balaban J connectivity index is 1.69. The lowest BCUT2D eigenvalue weighted by Gasteiger charge is -2.19. The van der Waals surface area contributed by atoms with E-state index in [1.165, 1.54) is 11.1 Å². The van der Waals surface area contributed by atoms with Gasteiger partial charge in [0, 0.05) is 10.7 Å². The second-order valence-corrected chi connectivity index (χ2v) is 9.16. The summed E-state index contributed by atoms with van der Waals surface area (Å²) in [6.45, 7) is 7.44. The van der Waals surface area contributed by atoms with Crippen LogP contribution in [-0.2, 0) is 12.0 Å². The Hall–Kier alpha value is -2.72. The molecule has 3 nitrogen and oxygen atoms in total. The fourth-order valence-electron chi connectivity index (χ4n) is 3.29. The monoisotopic (exact) mass is 445 g/mol. The van der Waals surface area contributed by atoms with Crippen molar-refractivity contribution in [2.75, 3.05) is 0 Å². The molecule has 0 spiro atoms. The van der Waals surface area contributed by atoms with E-state index in [4.69, 9.17) is 9.98 Å². The van der Waals surface area contributed by atoms with Crippen LogP contribution in [-0.4, -0.2) is 15.8 Å². The van der Waals surface area contributed by atoms with Crippen molar-refractivity contribution in [1.82, 2.24) is 9.55 Å². The predicted octanol–water partition coefficient (Wildman–Crippen LogP) is 6.90. The fraction of sp³-hybridized carbons (Fsp3) is 0.200. The summed E-state index contributed by atoms with van der Waals surface area (Å²) >= 11 is 3.47. The summed E-state index contributed by atoms with van der Waals surface area (Å²) in [6, 6.07) is 25.1. The number of rotatable bonds is 4. The molecule has 1 heterocycles. The van der Waals surface area contributed by atoms with Crippen LogP contribution < -0.4 is 0 Å². The molecule has 4 heteroatoms. The fourth-order valence-corrected chi connectivity index (χ4v) is 3.56. The van der Waals surface area contributed by atoms with Gasteiger partial charge in [-0.15, -0.1) is 0 Å². The Morgan fingerprint density at radius 1 is 0.931 bits per heavy atom. The first-order valence-corrected chi connectivity index (χ1v) is 10.5. The third-order valence-electron chi connectivity index (χ3n) is 4.99. The molecule has 3 aromatic carbocycles. The summed E-state index contributed by atoms with van der Waals surface area (Å²) in [5.74, 6) is 0.717. The summed E-state index contributed by atoms with van der Waals surface area (Å²) in [5.41, 5.74) is 5.82. The molecule has 29 heavy (non-hydrogen) atoms. The Morgan fingerprint density at radius 2 is 1.62 bits per heavy atom. The molecule has 0 radical (unpaired) electrons. The average Bonchev–Trinajstić information content (AvgIpc) is 3.05. The molecule has 0 bridgehead atoms. The number of halogens is 1. The van der Waals surface area contributed by atoms with Gasteiger partial charge in [0.05, 0.1) is 17.6 Å². The number of imidazole rings is 1. The normalized spacial score (nSPS) is 12.1. The van der Waals surface area contributed by atoms with Crippen LogP contribution in [0.15, 0.2) is 82.3 Å². The number of para-hydroxylation sites is 2. The highest BCUT2D eigenvalue weighted by Gasteiger charge is 2.14. The molecular formula is C25H24BrN3. The maximum Gasteiger partial charge on any atom is 0.230 e. The lowest BCUT2D eigenvalue weighted by atomic mass is 9.87. The average molecular weight is 446 g/mol. The molecule has 0 unspecified atom stereocenters. The third kappa shape index (κ3) is 4.48. The minimum absolute atomic E-state index is 0.153. The van der Waals surface area contributed by atoms with E-state index in [-0.39, 0.29) is 5.41 Å². The van der Waals surface area contributed by atoms with Gasteiger partial charge in [0.25, 0.3) is 0 Å². The third-order valence-corrected chi connectivity index (χ3v) is 5.52. The van der Waals surface area contributed by atoms with Crippen molar-refractivity contribution < 1.29 is 0 Å². The quantitative estimate of drug-likeness (QED) is 0.314. The Morgan fingerprint density at radius 3 is 2.31 bits per heavy atom. The molecule has 146 valence electrons. The number of hydrogen-bond acceptors (Lipinski definition) is 2. The van der Waals surface area contributed by atoms with Crippen molar-refractivity contribution in [3.63, 3.8) is 0 Å². The minimum atomic E-state index is 0.153. The first-order chi connectivity index (χ1) is 13.9. The second-order valence-electron chi connectivity index (χ2n) is 8.24.